The first-order chi connectivity index (χ1) is 8.28. The van der Waals surface area contributed by atoms with Crippen LogP contribution in [0.4, 0.5) is 17.6 Å². The molecule has 0 aromatic carbocycles. The second kappa shape index (κ2) is 5.70. The quantitative estimate of drug-likeness (QED) is 0.745. The van der Waals surface area contributed by atoms with E-state index in [1.807, 2.05) is 13.1 Å². The van der Waals surface area contributed by atoms with Gasteiger partial charge in [0.25, 0.3) is 0 Å². The van der Waals surface area contributed by atoms with Crippen molar-refractivity contribution in [1.82, 2.24) is 9.97 Å². The first kappa shape index (κ1) is 12.0. The van der Waals surface area contributed by atoms with E-state index in [2.05, 4.69) is 20.6 Å². The fraction of sp³-hybridized carbons (Fsp3) is 0.667. The van der Waals surface area contributed by atoms with Crippen molar-refractivity contribution in [1.29, 1.82) is 0 Å². The summed E-state index contributed by atoms with van der Waals surface area (Å²) in [7, 11) is 1.83. The fourth-order valence-corrected chi connectivity index (χ4v) is 2.32. The van der Waals surface area contributed by atoms with Gasteiger partial charge in [-0.2, -0.15) is 9.97 Å². The van der Waals surface area contributed by atoms with Crippen molar-refractivity contribution >= 4 is 17.6 Å². The highest BCUT2D eigenvalue weighted by atomic mass is 15.1. The SMILES string of the molecule is CNc1cc(NCC2CCCCC2)nc(N)n1. The van der Waals surface area contributed by atoms with Crippen molar-refractivity contribution in [3.05, 3.63) is 6.07 Å². The Morgan fingerprint density at radius 2 is 1.94 bits per heavy atom. The molecule has 0 amide bonds. The van der Waals surface area contributed by atoms with Crippen LogP contribution in [-0.4, -0.2) is 23.6 Å². The predicted molar refractivity (Wildman–Crippen MR) is 71.1 cm³/mol. The van der Waals surface area contributed by atoms with Crippen molar-refractivity contribution in [3.63, 3.8) is 0 Å². The van der Waals surface area contributed by atoms with E-state index in [0.29, 0.717) is 5.95 Å². The van der Waals surface area contributed by atoms with Crippen LogP contribution >= 0.6 is 0 Å². The van der Waals surface area contributed by atoms with Gasteiger partial charge in [-0.15, -0.1) is 0 Å². The molecule has 1 aliphatic carbocycles. The van der Waals surface area contributed by atoms with Crippen LogP contribution in [0.15, 0.2) is 6.07 Å². The summed E-state index contributed by atoms with van der Waals surface area (Å²) in [6.45, 7) is 0.986. The molecule has 0 spiro atoms. The van der Waals surface area contributed by atoms with Gasteiger partial charge in [0.2, 0.25) is 5.95 Å². The maximum absolute atomic E-state index is 5.64. The smallest absolute Gasteiger partial charge is 0.223 e. The van der Waals surface area contributed by atoms with E-state index in [1.165, 1.54) is 32.1 Å². The van der Waals surface area contributed by atoms with E-state index in [-0.39, 0.29) is 0 Å². The maximum atomic E-state index is 5.64. The lowest BCUT2D eigenvalue weighted by atomic mass is 9.89. The minimum absolute atomic E-state index is 0.308. The monoisotopic (exact) mass is 235 g/mol. The topological polar surface area (TPSA) is 75.9 Å². The summed E-state index contributed by atoms with van der Waals surface area (Å²) < 4.78 is 0. The molecule has 0 bridgehead atoms. The summed E-state index contributed by atoms with van der Waals surface area (Å²) in [6, 6.07) is 1.89. The highest BCUT2D eigenvalue weighted by Crippen LogP contribution is 2.24. The van der Waals surface area contributed by atoms with E-state index in [1.54, 1.807) is 0 Å². The van der Waals surface area contributed by atoms with Crippen LogP contribution in [0.5, 0.6) is 0 Å². The molecule has 1 aliphatic rings. The number of nitrogen functional groups attached to an aromatic ring is 1. The van der Waals surface area contributed by atoms with Crippen LogP contribution in [0.3, 0.4) is 0 Å². The number of aromatic nitrogens is 2. The molecule has 94 valence electrons. The Morgan fingerprint density at radius 3 is 2.65 bits per heavy atom. The Morgan fingerprint density at radius 1 is 1.24 bits per heavy atom. The van der Waals surface area contributed by atoms with Gasteiger partial charge in [-0.1, -0.05) is 19.3 Å². The first-order valence-electron chi connectivity index (χ1n) is 6.34. The average molecular weight is 235 g/mol. The summed E-state index contributed by atoms with van der Waals surface area (Å²) in [4.78, 5) is 8.24. The Kier molecular flexibility index (Phi) is 4.01. The standard InChI is InChI=1S/C12H21N5/c1-14-10-7-11(17-12(13)16-10)15-8-9-5-3-2-4-6-9/h7,9H,2-6,8H2,1H3,(H4,13,14,15,16,17). The van der Waals surface area contributed by atoms with Gasteiger partial charge >= 0.3 is 0 Å². The summed E-state index contributed by atoms with van der Waals surface area (Å²) in [6.07, 6.45) is 6.76. The van der Waals surface area contributed by atoms with Crippen molar-refractivity contribution < 1.29 is 0 Å². The predicted octanol–water partition coefficient (Wildman–Crippen LogP) is 2.09. The molecule has 1 aromatic rings. The van der Waals surface area contributed by atoms with Gasteiger partial charge in [0.1, 0.15) is 11.6 Å². The number of nitrogens with zero attached hydrogens (tertiary/aromatic N) is 2. The minimum Gasteiger partial charge on any atom is -0.373 e. The fourth-order valence-electron chi connectivity index (χ4n) is 2.32. The molecule has 4 N–H and O–H groups in total. The van der Waals surface area contributed by atoms with Crippen LogP contribution in [0.25, 0.3) is 0 Å². The van der Waals surface area contributed by atoms with Crippen LogP contribution in [0.2, 0.25) is 0 Å². The summed E-state index contributed by atoms with van der Waals surface area (Å²) in [5, 5.41) is 6.33. The van der Waals surface area contributed by atoms with Gasteiger partial charge in [-0.25, -0.2) is 0 Å². The number of rotatable bonds is 4. The molecule has 2 rings (SSSR count). The Labute approximate surface area is 102 Å². The molecular formula is C12H21N5. The first-order valence-corrected chi connectivity index (χ1v) is 6.34. The van der Waals surface area contributed by atoms with E-state index in [0.717, 1.165) is 24.1 Å². The molecular weight excluding hydrogens is 214 g/mol. The second-order valence-electron chi connectivity index (χ2n) is 4.63. The number of anilines is 3. The highest BCUT2D eigenvalue weighted by molar-refractivity contribution is 5.50. The zero-order valence-electron chi connectivity index (χ0n) is 10.4. The van der Waals surface area contributed by atoms with Gasteiger partial charge in [-0.3, -0.25) is 0 Å². The molecule has 0 atom stereocenters. The van der Waals surface area contributed by atoms with Crippen molar-refractivity contribution in [3.8, 4) is 0 Å². The van der Waals surface area contributed by atoms with E-state index >= 15 is 0 Å². The summed E-state index contributed by atoms with van der Waals surface area (Å²) in [5.41, 5.74) is 5.64. The zero-order valence-corrected chi connectivity index (χ0v) is 10.4. The van der Waals surface area contributed by atoms with E-state index < -0.39 is 0 Å². The minimum atomic E-state index is 0.308. The van der Waals surface area contributed by atoms with Gasteiger partial charge in [-0.05, 0) is 18.8 Å². The molecule has 1 fully saturated rings. The maximum Gasteiger partial charge on any atom is 0.223 e. The lowest BCUT2D eigenvalue weighted by Gasteiger charge is -2.22. The van der Waals surface area contributed by atoms with Gasteiger partial charge < -0.3 is 16.4 Å². The number of nitrogens with two attached hydrogens (primary N) is 1. The Bertz CT molecular complexity index is 360. The normalized spacial score (nSPS) is 16.8. The molecule has 1 heterocycles. The van der Waals surface area contributed by atoms with Crippen LogP contribution in [-0.2, 0) is 0 Å². The number of hydrogen-bond donors (Lipinski definition) is 3. The molecule has 0 radical (unpaired) electrons. The van der Waals surface area contributed by atoms with Crippen molar-refractivity contribution in [2.45, 2.75) is 32.1 Å². The largest absolute Gasteiger partial charge is 0.373 e. The van der Waals surface area contributed by atoms with Crippen LogP contribution < -0.4 is 16.4 Å². The Hall–Kier alpha value is -1.52. The lowest BCUT2D eigenvalue weighted by Crippen LogP contribution is -2.18. The van der Waals surface area contributed by atoms with Crippen molar-refractivity contribution in [2.75, 3.05) is 30.0 Å². The second-order valence-corrected chi connectivity index (χ2v) is 4.63. The third-order valence-corrected chi connectivity index (χ3v) is 3.30. The third kappa shape index (κ3) is 3.47. The van der Waals surface area contributed by atoms with E-state index in [9.17, 15) is 0 Å². The van der Waals surface area contributed by atoms with Crippen molar-refractivity contribution in [2.24, 2.45) is 5.92 Å². The number of nitrogens with one attached hydrogen (secondary N) is 2. The molecule has 5 nitrogen and oxygen atoms in total. The third-order valence-electron chi connectivity index (χ3n) is 3.30. The molecule has 0 aliphatic heterocycles. The van der Waals surface area contributed by atoms with E-state index in [4.69, 9.17) is 5.73 Å². The van der Waals surface area contributed by atoms with Crippen LogP contribution in [0.1, 0.15) is 32.1 Å². The molecule has 1 saturated carbocycles. The molecule has 17 heavy (non-hydrogen) atoms. The average Bonchev–Trinajstić information content (AvgIpc) is 2.37. The Balaban J connectivity index is 1.91. The summed E-state index contributed by atoms with van der Waals surface area (Å²) >= 11 is 0. The molecule has 0 unspecified atom stereocenters. The zero-order chi connectivity index (χ0) is 12.1. The highest BCUT2D eigenvalue weighted by Gasteiger charge is 2.13. The molecule has 1 aromatic heterocycles. The van der Waals surface area contributed by atoms with Gasteiger partial charge in [0, 0.05) is 19.7 Å². The lowest BCUT2D eigenvalue weighted by molar-refractivity contribution is 0.373. The molecule has 5 heteroatoms. The van der Waals surface area contributed by atoms with Crippen LogP contribution in [0, 0.1) is 5.92 Å². The molecule has 0 saturated heterocycles. The number of hydrogen-bond acceptors (Lipinski definition) is 5. The van der Waals surface area contributed by atoms with Gasteiger partial charge in [0.15, 0.2) is 0 Å². The van der Waals surface area contributed by atoms with Gasteiger partial charge in [0.05, 0.1) is 0 Å². The summed E-state index contributed by atoms with van der Waals surface area (Å²) in [5.74, 6) is 2.65.